The predicted octanol–water partition coefficient (Wildman–Crippen LogP) is 2.46. The summed E-state index contributed by atoms with van der Waals surface area (Å²) in [6, 6.07) is 3.97. The fraction of sp³-hybridized carbons (Fsp3) is 0.500. The highest BCUT2D eigenvalue weighted by molar-refractivity contribution is 7.11. The second-order valence-electron chi connectivity index (χ2n) is 6.06. The summed E-state index contributed by atoms with van der Waals surface area (Å²) in [6.07, 6.45) is 3.68. The number of rotatable bonds is 4. The summed E-state index contributed by atoms with van der Waals surface area (Å²) in [5.74, 6) is 1.11. The molecule has 1 aliphatic heterocycles. The van der Waals surface area contributed by atoms with Crippen LogP contribution >= 0.6 is 11.3 Å². The number of hydrogen-bond donors (Lipinski definition) is 1. The summed E-state index contributed by atoms with van der Waals surface area (Å²) < 4.78 is 0. The minimum absolute atomic E-state index is 0.0119. The minimum atomic E-state index is -0.0119. The Hall–Kier alpha value is -2.02. The number of carbonyl (C=O) groups is 1. The molecular weight excluding hydrogens is 310 g/mol. The molecule has 1 fully saturated rings. The maximum absolute atomic E-state index is 12.6. The first-order valence-corrected chi connectivity index (χ1v) is 8.80. The van der Waals surface area contributed by atoms with Crippen molar-refractivity contribution >= 4 is 23.1 Å². The highest BCUT2D eigenvalue weighted by atomic mass is 32.1. The third-order valence-corrected chi connectivity index (χ3v) is 4.83. The van der Waals surface area contributed by atoms with E-state index < -0.39 is 0 Å². The zero-order chi connectivity index (χ0) is 16.2. The van der Waals surface area contributed by atoms with Gasteiger partial charge in [0.1, 0.15) is 4.88 Å². The maximum Gasteiger partial charge on any atom is 0.263 e. The van der Waals surface area contributed by atoms with Crippen LogP contribution < -0.4 is 10.2 Å². The minimum Gasteiger partial charge on any atom is -0.353 e. The molecule has 0 radical (unpaired) electrons. The maximum atomic E-state index is 12.6. The zero-order valence-electron chi connectivity index (χ0n) is 13.4. The van der Waals surface area contributed by atoms with Crippen LogP contribution in [0.25, 0.3) is 0 Å². The molecule has 122 valence electrons. The Morgan fingerprint density at radius 1 is 1.48 bits per heavy atom. The smallest absolute Gasteiger partial charge is 0.263 e. The topological polar surface area (TPSA) is 71.0 Å². The Morgan fingerprint density at radius 2 is 2.35 bits per heavy atom. The molecule has 6 nitrogen and oxygen atoms in total. The SMILES string of the molecule is CC(C)c1ncsc1C(=O)NC1CCCN(c2cccnn2)C1. The van der Waals surface area contributed by atoms with Crippen LogP contribution in [-0.4, -0.2) is 40.2 Å². The highest BCUT2D eigenvalue weighted by Gasteiger charge is 2.25. The molecule has 1 amide bonds. The second kappa shape index (κ2) is 7.04. The molecule has 1 aliphatic rings. The van der Waals surface area contributed by atoms with Crippen molar-refractivity contribution in [2.24, 2.45) is 0 Å². The van der Waals surface area contributed by atoms with Crippen LogP contribution in [0.15, 0.2) is 23.8 Å². The van der Waals surface area contributed by atoms with Crippen LogP contribution in [0, 0.1) is 0 Å². The van der Waals surface area contributed by atoms with Gasteiger partial charge in [0.25, 0.3) is 5.91 Å². The lowest BCUT2D eigenvalue weighted by molar-refractivity contribution is 0.0935. The summed E-state index contributed by atoms with van der Waals surface area (Å²) in [5.41, 5.74) is 2.63. The lowest BCUT2D eigenvalue weighted by atomic mass is 10.0. The molecule has 7 heteroatoms. The molecule has 0 aliphatic carbocycles. The van der Waals surface area contributed by atoms with Gasteiger partial charge in [-0.1, -0.05) is 13.8 Å². The quantitative estimate of drug-likeness (QED) is 0.932. The average Bonchev–Trinajstić information content (AvgIpc) is 3.06. The molecule has 0 spiro atoms. The van der Waals surface area contributed by atoms with Gasteiger partial charge >= 0.3 is 0 Å². The van der Waals surface area contributed by atoms with Crippen molar-refractivity contribution < 1.29 is 4.79 Å². The normalized spacial score (nSPS) is 18.2. The molecule has 23 heavy (non-hydrogen) atoms. The van der Waals surface area contributed by atoms with Gasteiger partial charge in [-0.05, 0) is 30.9 Å². The number of thiazole rings is 1. The number of hydrogen-bond acceptors (Lipinski definition) is 6. The van der Waals surface area contributed by atoms with Crippen molar-refractivity contribution in [3.05, 3.63) is 34.4 Å². The molecule has 2 aromatic heterocycles. The van der Waals surface area contributed by atoms with E-state index in [9.17, 15) is 4.79 Å². The first-order valence-electron chi connectivity index (χ1n) is 7.92. The molecule has 3 rings (SSSR count). The van der Waals surface area contributed by atoms with Gasteiger partial charge in [-0.2, -0.15) is 5.10 Å². The van der Waals surface area contributed by atoms with Crippen LogP contribution in [0.5, 0.6) is 0 Å². The van der Waals surface area contributed by atoms with Gasteiger partial charge < -0.3 is 10.2 Å². The molecule has 0 bridgehead atoms. The van der Waals surface area contributed by atoms with Crippen molar-refractivity contribution in [2.45, 2.75) is 38.6 Å². The van der Waals surface area contributed by atoms with Crippen LogP contribution in [0.4, 0.5) is 5.82 Å². The standard InChI is InChI=1S/C16H21N5OS/c1-11(2)14-15(23-10-17-14)16(22)19-12-5-4-8-21(9-12)13-6-3-7-18-20-13/h3,6-7,10-12H,4-5,8-9H2,1-2H3,(H,19,22). The van der Waals surface area contributed by atoms with E-state index in [0.717, 1.165) is 42.3 Å². The Kier molecular flexibility index (Phi) is 4.85. The van der Waals surface area contributed by atoms with Crippen LogP contribution in [0.1, 0.15) is 48.0 Å². The fourth-order valence-corrected chi connectivity index (χ4v) is 3.70. The number of aromatic nitrogens is 3. The van der Waals surface area contributed by atoms with Gasteiger partial charge in [0.05, 0.1) is 11.2 Å². The summed E-state index contributed by atoms with van der Waals surface area (Å²) in [4.78, 5) is 19.8. The van der Waals surface area contributed by atoms with E-state index in [-0.39, 0.29) is 17.9 Å². The molecule has 0 saturated carbocycles. The van der Waals surface area contributed by atoms with Gasteiger partial charge in [-0.25, -0.2) is 4.98 Å². The second-order valence-corrected chi connectivity index (χ2v) is 6.92. The van der Waals surface area contributed by atoms with E-state index in [1.54, 1.807) is 11.7 Å². The van der Waals surface area contributed by atoms with Gasteiger partial charge in [0.15, 0.2) is 5.82 Å². The summed E-state index contributed by atoms with van der Waals surface area (Å²) in [5, 5.41) is 11.2. The van der Waals surface area contributed by atoms with Gasteiger partial charge in [-0.3, -0.25) is 4.79 Å². The molecular formula is C16H21N5OS. The van der Waals surface area contributed by atoms with Gasteiger partial charge in [0.2, 0.25) is 0 Å². The lowest BCUT2D eigenvalue weighted by Gasteiger charge is -2.33. The Morgan fingerprint density at radius 3 is 3.09 bits per heavy atom. The Labute approximate surface area is 140 Å². The number of anilines is 1. The van der Waals surface area contributed by atoms with Crippen molar-refractivity contribution in [3.8, 4) is 0 Å². The number of carbonyl (C=O) groups excluding carboxylic acids is 1. The van der Waals surface area contributed by atoms with E-state index in [2.05, 4.69) is 39.2 Å². The Balaban J connectivity index is 1.66. The number of nitrogens with one attached hydrogen (secondary N) is 1. The van der Waals surface area contributed by atoms with E-state index in [4.69, 9.17) is 0 Å². The first kappa shape index (κ1) is 15.9. The van der Waals surface area contributed by atoms with Crippen LogP contribution in [0.2, 0.25) is 0 Å². The summed E-state index contributed by atoms with van der Waals surface area (Å²) >= 11 is 1.41. The van der Waals surface area contributed by atoms with E-state index in [1.165, 1.54) is 11.3 Å². The van der Waals surface area contributed by atoms with E-state index in [1.807, 2.05) is 12.1 Å². The molecule has 3 heterocycles. The van der Waals surface area contributed by atoms with Gasteiger partial charge in [0, 0.05) is 25.3 Å². The van der Waals surface area contributed by atoms with Crippen LogP contribution in [0.3, 0.4) is 0 Å². The number of piperidine rings is 1. The van der Waals surface area contributed by atoms with Crippen molar-refractivity contribution in [2.75, 3.05) is 18.0 Å². The molecule has 1 atom stereocenters. The molecule has 1 unspecified atom stereocenters. The molecule has 2 aromatic rings. The highest BCUT2D eigenvalue weighted by Crippen LogP contribution is 2.22. The predicted molar refractivity (Wildman–Crippen MR) is 90.9 cm³/mol. The monoisotopic (exact) mass is 331 g/mol. The Bertz CT molecular complexity index is 658. The average molecular weight is 331 g/mol. The van der Waals surface area contributed by atoms with Crippen molar-refractivity contribution in [1.29, 1.82) is 0 Å². The molecule has 0 aromatic carbocycles. The number of nitrogens with zero attached hydrogens (tertiary/aromatic N) is 4. The van der Waals surface area contributed by atoms with Crippen LogP contribution in [-0.2, 0) is 0 Å². The van der Waals surface area contributed by atoms with E-state index in [0.29, 0.717) is 0 Å². The van der Waals surface area contributed by atoms with Gasteiger partial charge in [-0.15, -0.1) is 16.4 Å². The van der Waals surface area contributed by atoms with E-state index >= 15 is 0 Å². The van der Waals surface area contributed by atoms with Crippen molar-refractivity contribution in [3.63, 3.8) is 0 Å². The number of amides is 1. The molecule has 1 N–H and O–H groups in total. The third-order valence-electron chi connectivity index (χ3n) is 3.99. The van der Waals surface area contributed by atoms with Crippen molar-refractivity contribution in [1.82, 2.24) is 20.5 Å². The summed E-state index contributed by atoms with van der Waals surface area (Å²) in [6.45, 7) is 5.83. The largest absolute Gasteiger partial charge is 0.353 e. The lowest BCUT2D eigenvalue weighted by Crippen LogP contribution is -2.48. The molecule has 1 saturated heterocycles. The third kappa shape index (κ3) is 3.67. The zero-order valence-corrected chi connectivity index (χ0v) is 14.2. The fourth-order valence-electron chi connectivity index (χ4n) is 2.85. The first-order chi connectivity index (χ1) is 11.1. The summed E-state index contributed by atoms with van der Waals surface area (Å²) in [7, 11) is 0.